The molecule has 0 aromatic heterocycles. The van der Waals surface area contributed by atoms with E-state index in [1.807, 2.05) is 0 Å². The van der Waals surface area contributed by atoms with Crippen LogP contribution in [0.2, 0.25) is 3.12 Å². The van der Waals surface area contributed by atoms with Crippen LogP contribution >= 0.6 is 24.8 Å². The minimum absolute atomic E-state index is 0. The van der Waals surface area contributed by atoms with Gasteiger partial charge in [0.05, 0.1) is 0 Å². The number of hydrogen-bond donors (Lipinski definition) is 0. The van der Waals surface area contributed by atoms with Crippen molar-refractivity contribution in [3.63, 3.8) is 0 Å². The predicted octanol–water partition coefficient (Wildman–Crippen LogP) is 16.7. The summed E-state index contributed by atoms with van der Waals surface area (Å²) in [7, 11) is 0. The molecule has 0 aliphatic heterocycles. The molecule has 1 saturated carbocycles. The van der Waals surface area contributed by atoms with Crippen molar-refractivity contribution in [2.75, 3.05) is 0 Å². The Balaban J connectivity index is 0.00000340. The average molecular weight is 979 g/mol. The second-order valence-corrected chi connectivity index (χ2v) is 39.7. The Morgan fingerprint density at radius 3 is 1.66 bits per heavy atom. The molecule has 0 saturated heterocycles. The van der Waals surface area contributed by atoms with Crippen LogP contribution in [0.5, 0.6) is 0 Å². The Morgan fingerprint density at radius 2 is 1.17 bits per heavy atom. The van der Waals surface area contributed by atoms with Gasteiger partial charge in [-0.15, -0.1) is 24.8 Å². The zero-order valence-corrected chi connectivity index (χ0v) is 47.3. The summed E-state index contributed by atoms with van der Waals surface area (Å²) in [6.45, 7) is 45.8. The zero-order valence-electron chi connectivity index (χ0n) is 43.2. The molecule has 0 heterocycles. The third-order valence-electron chi connectivity index (χ3n) is 20.1. The van der Waals surface area contributed by atoms with E-state index in [1.54, 1.807) is 25.6 Å². The van der Waals surface area contributed by atoms with Crippen LogP contribution in [0.25, 0.3) is 5.57 Å². The van der Waals surface area contributed by atoms with Gasteiger partial charge in [-0.3, -0.25) is 0 Å². The van der Waals surface area contributed by atoms with E-state index in [1.165, 1.54) is 40.8 Å². The van der Waals surface area contributed by atoms with Crippen molar-refractivity contribution in [3.8, 4) is 0 Å². The molecule has 5 aliphatic rings. The Hall–Kier alpha value is -2.31. The van der Waals surface area contributed by atoms with E-state index in [4.69, 9.17) is 4.21 Å². The Labute approximate surface area is 404 Å². The summed E-state index contributed by atoms with van der Waals surface area (Å²) in [6.07, 6.45) is 14.9. The van der Waals surface area contributed by atoms with Crippen LogP contribution in [-0.4, -0.2) is 4.21 Å². The molecule has 3 aromatic carbocycles. The molecule has 0 nitrogen and oxygen atoms in total. The molecule has 3 heteroatoms. The van der Waals surface area contributed by atoms with Gasteiger partial charge in [0.15, 0.2) is 0 Å². The molecule has 5 aliphatic carbocycles. The molecule has 4 unspecified atom stereocenters. The number of hydrogen-bond acceptors (Lipinski definition) is 0. The monoisotopic (exact) mass is 976 g/mol. The quantitative estimate of drug-likeness (QED) is 0.239. The third kappa shape index (κ3) is 6.23. The average Bonchev–Trinajstić information content (AvgIpc) is 3.83. The van der Waals surface area contributed by atoms with Gasteiger partial charge in [0, 0.05) is 0 Å². The van der Waals surface area contributed by atoms with Crippen molar-refractivity contribution in [2.24, 2.45) is 38.9 Å². The summed E-state index contributed by atoms with van der Waals surface area (Å²) in [5.41, 5.74) is 13.3. The van der Waals surface area contributed by atoms with E-state index >= 15 is 0 Å². The van der Waals surface area contributed by atoms with Gasteiger partial charge in [-0.2, -0.15) is 0 Å². The van der Waals surface area contributed by atoms with Crippen LogP contribution in [0.1, 0.15) is 166 Å². The summed E-state index contributed by atoms with van der Waals surface area (Å²) in [5, 5.41) is 0. The van der Waals surface area contributed by atoms with Gasteiger partial charge in [0.2, 0.25) is 0 Å². The minimum atomic E-state index is -5.57. The van der Waals surface area contributed by atoms with Crippen molar-refractivity contribution in [1.29, 1.82) is 0 Å². The Bertz CT molecular complexity index is 2510. The molecule has 0 spiro atoms. The first-order valence-electron chi connectivity index (χ1n) is 24.4. The van der Waals surface area contributed by atoms with Crippen molar-refractivity contribution < 1.29 is 18.3 Å². The molecule has 1 fully saturated rings. The predicted molar refractivity (Wildman–Crippen MR) is 284 cm³/mol. The summed E-state index contributed by atoms with van der Waals surface area (Å²) in [5.74, 6) is 0.700. The first-order chi connectivity index (χ1) is 28.5. The van der Waals surface area contributed by atoms with Gasteiger partial charge >= 0.3 is 383 Å². The van der Waals surface area contributed by atoms with Gasteiger partial charge in [0.25, 0.3) is 0 Å². The molecule has 0 radical (unpaired) electrons. The molecule has 0 amide bonds. The van der Waals surface area contributed by atoms with Gasteiger partial charge in [0.1, 0.15) is 0 Å². The van der Waals surface area contributed by atoms with Crippen molar-refractivity contribution in [3.05, 3.63) is 145 Å². The van der Waals surface area contributed by atoms with E-state index in [-0.39, 0.29) is 65.8 Å². The Kier molecular flexibility index (Phi) is 12.5. The fraction of sp³-hybridized carbons (Fsp3) is 0.525. The summed E-state index contributed by atoms with van der Waals surface area (Å²) < 4.78 is 10.8. The number of fused-ring (bicyclic) bond motifs is 6. The van der Waals surface area contributed by atoms with Crippen LogP contribution in [-0.2, 0) is 35.5 Å². The van der Waals surface area contributed by atoms with Crippen LogP contribution in [0, 0.1) is 38.9 Å². The van der Waals surface area contributed by atoms with E-state index in [0.29, 0.717) is 11.8 Å². The van der Waals surface area contributed by atoms with Crippen molar-refractivity contribution in [2.45, 2.75) is 164 Å². The SMILES string of the molecule is Cl.Cl.[CH2]=[Zr]([C]1=CC(C(C)(C)C)=CC1CC)([c]1ccc(C(C)(C)C)cc1)([c]1ccc(C(C)(C)C)cc1)[C]1(C)C2=C3Cc4ccccc4C3=C3C=CCCC3C2(C)C(C)(C)C(C)(C)C1(C)C. The fourth-order valence-corrected chi connectivity index (χ4v) is 36.5. The van der Waals surface area contributed by atoms with Crippen LogP contribution in [0.15, 0.2) is 123 Å². The van der Waals surface area contributed by atoms with Gasteiger partial charge in [-0.1, -0.05) is 0 Å². The first-order valence-corrected chi connectivity index (χ1v) is 31.1. The second-order valence-electron chi connectivity index (χ2n) is 25.9. The topological polar surface area (TPSA) is 0 Å². The molecule has 0 N–H and O–H groups in total. The molecular formula is C61H84Cl2Zr. The normalized spacial score (nSPS) is 27.0. The van der Waals surface area contributed by atoms with Crippen molar-refractivity contribution in [1.82, 2.24) is 0 Å². The molecule has 3 aromatic rings. The molecule has 0 bridgehead atoms. The van der Waals surface area contributed by atoms with E-state index in [9.17, 15) is 0 Å². The number of benzene rings is 3. The van der Waals surface area contributed by atoms with Crippen LogP contribution < -0.4 is 6.54 Å². The summed E-state index contributed by atoms with van der Waals surface area (Å²) in [4.78, 5) is 0. The van der Waals surface area contributed by atoms with E-state index < -0.39 is 18.3 Å². The standard InChI is InChI=1S/C29H37.C11H17.2C10H13.CH2.2ClH.Zr/c1-18-25-22-17-19-13-9-10-14-20(19)24(22)21-15-11-12-16-23(21)29(25,8)28(6,7)27(4,5)26(18,2)3;1-5-9-6-7-10(8-9)11(2,3)4;2*1-10(2,3)9-7-5-4-6-8-9;;;;/h9-11,13-15,23H,12,16-17H2,1-8H3;7-9H,5H2,1-4H3;2*5-8H,1-3H3;1H2;2*1H;. The molecule has 8 rings (SSSR count). The van der Waals surface area contributed by atoms with Gasteiger partial charge in [-0.25, -0.2) is 0 Å². The van der Waals surface area contributed by atoms with Crippen molar-refractivity contribution >= 4 is 41.1 Å². The maximum atomic E-state index is 6.46. The zero-order chi connectivity index (χ0) is 45.7. The number of rotatable bonds is 5. The molecular weight excluding hydrogens is 895 g/mol. The summed E-state index contributed by atoms with van der Waals surface area (Å²) in [6, 6.07) is 30.0. The van der Waals surface area contributed by atoms with E-state index in [2.05, 4.69) is 222 Å². The van der Waals surface area contributed by atoms with Crippen LogP contribution in [0.3, 0.4) is 0 Å². The molecule has 4 atom stereocenters. The van der Waals surface area contributed by atoms with E-state index in [0.717, 1.165) is 19.3 Å². The maximum absolute atomic E-state index is 6.46. The third-order valence-corrected chi connectivity index (χ3v) is 40.0. The molecule has 64 heavy (non-hydrogen) atoms. The Morgan fingerprint density at radius 1 is 0.656 bits per heavy atom. The van der Waals surface area contributed by atoms with Crippen LogP contribution in [0.4, 0.5) is 0 Å². The first kappa shape index (κ1) is 51.1. The molecule has 346 valence electrons. The summed E-state index contributed by atoms with van der Waals surface area (Å²) >= 11 is -5.57. The van der Waals surface area contributed by atoms with Gasteiger partial charge in [-0.05, 0) is 0 Å². The number of allylic oxidation sites excluding steroid dienone is 10. The van der Waals surface area contributed by atoms with Gasteiger partial charge < -0.3 is 0 Å². The fourth-order valence-electron chi connectivity index (χ4n) is 14.9. The second kappa shape index (κ2) is 15.6. The number of halogens is 2.